The Morgan fingerprint density at radius 3 is 2.42 bits per heavy atom. The number of rotatable bonds is 5. The summed E-state index contributed by atoms with van der Waals surface area (Å²) in [4.78, 5) is 5.25. The second-order valence-electron chi connectivity index (χ2n) is 5.68. The van der Waals surface area contributed by atoms with Crippen LogP contribution in [-0.4, -0.2) is 25.4 Å². The van der Waals surface area contributed by atoms with Crippen molar-refractivity contribution in [3.63, 3.8) is 0 Å². The van der Waals surface area contributed by atoms with Crippen LogP contribution in [0.15, 0.2) is 28.0 Å². The van der Waals surface area contributed by atoms with Crippen molar-refractivity contribution in [1.29, 1.82) is 0 Å². The largest absolute Gasteiger partial charge is 0.298 e. The molecule has 1 aliphatic rings. The zero-order chi connectivity index (χ0) is 13.7. The Kier molecular flexibility index (Phi) is 4.99. The number of hydrogen-bond donors (Lipinski definition) is 0. The van der Waals surface area contributed by atoms with Crippen molar-refractivity contribution in [2.75, 3.05) is 14.1 Å². The Balaban J connectivity index is 2.19. The molecular weight excluding hydrogens is 256 g/mol. The third-order valence-electron chi connectivity index (χ3n) is 4.00. The Hall–Kier alpha value is -0.870. The molecule has 1 aromatic heterocycles. The predicted octanol–water partition coefficient (Wildman–Crippen LogP) is 4.21. The van der Waals surface area contributed by atoms with Crippen LogP contribution >= 0.6 is 10.5 Å². The monoisotopic (exact) mass is 281 g/mol. The fraction of sp³-hybridized carbons (Fsp3) is 0.667. The summed E-state index contributed by atoms with van der Waals surface area (Å²) in [5.74, 6) is 0.714. The van der Waals surface area contributed by atoms with E-state index < -0.39 is 0 Å². The summed E-state index contributed by atoms with van der Waals surface area (Å²) >= 11 is 0. The van der Waals surface area contributed by atoms with Gasteiger partial charge in [-0.1, -0.05) is 24.4 Å². The van der Waals surface area contributed by atoms with Gasteiger partial charge in [0.25, 0.3) is 0 Å². The molecule has 1 unspecified atom stereocenters. The van der Waals surface area contributed by atoms with E-state index in [0.717, 1.165) is 0 Å². The first-order valence-electron chi connectivity index (χ1n) is 7.09. The molecule has 1 heterocycles. The van der Waals surface area contributed by atoms with Crippen molar-refractivity contribution < 1.29 is 4.94 Å². The molecule has 0 amide bonds. The molecular formula is C15H25N2OS+. The summed E-state index contributed by atoms with van der Waals surface area (Å²) in [6.07, 6.45) is 8.77. The van der Waals surface area contributed by atoms with Gasteiger partial charge in [-0.2, -0.15) is 0 Å². The molecule has 0 bridgehead atoms. The maximum absolute atomic E-state index is 5.25. The molecule has 1 aliphatic carbocycles. The topological polar surface area (TPSA) is 24.8 Å². The minimum Gasteiger partial charge on any atom is -0.298 e. The van der Waals surface area contributed by atoms with Crippen molar-refractivity contribution in [3.8, 4) is 0 Å². The number of thiophene rings is 1. The van der Waals surface area contributed by atoms with Gasteiger partial charge < -0.3 is 0 Å². The van der Waals surface area contributed by atoms with E-state index in [0.29, 0.717) is 5.92 Å². The summed E-state index contributed by atoms with van der Waals surface area (Å²) in [5.41, 5.74) is 0. The second-order valence-corrected chi connectivity index (χ2v) is 7.84. The van der Waals surface area contributed by atoms with Crippen LogP contribution in [0.5, 0.6) is 0 Å². The van der Waals surface area contributed by atoms with E-state index >= 15 is 0 Å². The number of hydroxylamine groups is 2. The lowest BCUT2D eigenvalue weighted by molar-refractivity contribution is -0.118. The molecule has 19 heavy (non-hydrogen) atoms. The van der Waals surface area contributed by atoms with Crippen molar-refractivity contribution in [2.45, 2.75) is 43.8 Å². The van der Waals surface area contributed by atoms with Crippen molar-refractivity contribution in [3.05, 3.63) is 22.9 Å². The molecule has 1 aromatic rings. The fourth-order valence-electron chi connectivity index (χ4n) is 2.86. The zero-order valence-corrected chi connectivity index (χ0v) is 13.0. The third kappa shape index (κ3) is 3.57. The molecule has 2 rings (SSSR count). The molecule has 3 nitrogen and oxygen atoms in total. The van der Waals surface area contributed by atoms with Crippen molar-refractivity contribution in [1.82, 2.24) is 5.06 Å². The van der Waals surface area contributed by atoms with Crippen LogP contribution in [0.2, 0.25) is 0 Å². The highest BCUT2D eigenvalue weighted by Crippen LogP contribution is 2.47. The zero-order valence-electron chi connectivity index (χ0n) is 12.2. The summed E-state index contributed by atoms with van der Waals surface area (Å²) < 4.78 is 0.0972. The van der Waals surface area contributed by atoms with Gasteiger partial charge in [0.2, 0.25) is 0 Å². The van der Waals surface area contributed by atoms with E-state index in [2.05, 4.69) is 35.0 Å². The highest BCUT2D eigenvalue weighted by molar-refractivity contribution is 7.31. The Morgan fingerprint density at radius 1 is 1.21 bits per heavy atom. The van der Waals surface area contributed by atoms with Crippen molar-refractivity contribution >= 4 is 16.7 Å². The normalized spacial score (nSPS) is 20.8. The predicted molar refractivity (Wildman–Crippen MR) is 82.4 cm³/mol. The molecule has 106 valence electrons. The molecule has 0 aromatic carbocycles. The fourth-order valence-corrected chi connectivity index (χ4v) is 4.84. The maximum atomic E-state index is 5.25. The van der Waals surface area contributed by atoms with Crippen LogP contribution in [0.3, 0.4) is 0 Å². The van der Waals surface area contributed by atoms with Gasteiger partial charge in [0.1, 0.15) is 17.0 Å². The highest BCUT2D eigenvalue weighted by Gasteiger charge is 2.43. The van der Waals surface area contributed by atoms with Gasteiger partial charge in [-0.15, -0.1) is 5.06 Å². The lowest BCUT2D eigenvalue weighted by Crippen LogP contribution is -2.31. The van der Waals surface area contributed by atoms with Crippen LogP contribution in [-0.2, 0) is 9.69 Å². The first-order valence-corrected chi connectivity index (χ1v) is 8.44. The van der Waals surface area contributed by atoms with E-state index in [1.165, 1.54) is 32.1 Å². The van der Waals surface area contributed by atoms with Gasteiger partial charge >= 0.3 is 0 Å². The van der Waals surface area contributed by atoms with Crippen LogP contribution in [0, 0.1) is 5.92 Å². The lowest BCUT2D eigenvalue weighted by Gasteiger charge is -2.30. The Morgan fingerprint density at radius 2 is 1.84 bits per heavy atom. The first-order chi connectivity index (χ1) is 9.13. The maximum Gasteiger partial charge on any atom is 0.185 e. The van der Waals surface area contributed by atoms with E-state index in [1.807, 2.05) is 20.3 Å². The van der Waals surface area contributed by atoms with E-state index in [-0.39, 0.29) is 15.2 Å². The molecule has 0 N–H and O–H groups in total. The molecule has 0 radical (unpaired) electrons. The molecule has 1 saturated carbocycles. The highest BCUT2D eigenvalue weighted by atomic mass is 32.2. The third-order valence-corrected chi connectivity index (χ3v) is 6.36. The second kappa shape index (κ2) is 6.53. The van der Waals surface area contributed by atoms with Gasteiger partial charge in [-0.25, -0.2) is 0 Å². The summed E-state index contributed by atoms with van der Waals surface area (Å²) in [5, 5.41) is 10.5. The van der Waals surface area contributed by atoms with Gasteiger partial charge in [-0.05, 0) is 42.4 Å². The summed E-state index contributed by atoms with van der Waals surface area (Å²) in [7, 11) is 3.86. The first kappa shape index (κ1) is 14.5. The average Bonchev–Trinajstić information content (AvgIpc) is 2.93. The van der Waals surface area contributed by atoms with Gasteiger partial charge in [0.15, 0.2) is 4.75 Å². The van der Waals surface area contributed by atoms with Crippen molar-refractivity contribution in [2.24, 2.45) is 11.1 Å². The van der Waals surface area contributed by atoms with Crippen LogP contribution in [0.4, 0.5) is 0 Å². The minimum absolute atomic E-state index is 0.0972. The minimum atomic E-state index is 0.0972. The standard InChI is InChI=1S/C15H25N2OS/c1-15(13-16-18-17(2)3,19-11-7-8-12-19)14-9-5-4-6-10-14/h7-8,11-14H,4-6,9-10H2,1-3H3/q+1. The Labute approximate surface area is 119 Å². The lowest BCUT2D eigenvalue weighted by atomic mass is 9.81. The molecule has 1 fully saturated rings. The quantitative estimate of drug-likeness (QED) is 0.459. The number of oxime groups is 1. The van der Waals surface area contributed by atoms with E-state index in [4.69, 9.17) is 4.94 Å². The molecule has 0 aliphatic heterocycles. The SMILES string of the molecule is CN(C)ON=CC(C)(C1CCCCC1)[s+]1cccc1. The summed E-state index contributed by atoms with van der Waals surface area (Å²) in [6.45, 7) is 2.34. The van der Waals surface area contributed by atoms with E-state index in [1.54, 1.807) is 5.06 Å². The number of hydrogen-bond acceptors (Lipinski definition) is 3. The molecule has 0 spiro atoms. The molecule has 4 heteroatoms. The molecule has 1 atom stereocenters. The van der Waals surface area contributed by atoms with Crippen LogP contribution < -0.4 is 0 Å². The van der Waals surface area contributed by atoms with Gasteiger partial charge in [-0.3, -0.25) is 4.94 Å². The molecule has 0 saturated heterocycles. The van der Waals surface area contributed by atoms with E-state index in [9.17, 15) is 0 Å². The smallest absolute Gasteiger partial charge is 0.185 e. The average molecular weight is 281 g/mol. The summed E-state index contributed by atoms with van der Waals surface area (Å²) in [6, 6.07) is 4.32. The van der Waals surface area contributed by atoms with Crippen LogP contribution in [0.25, 0.3) is 0 Å². The number of nitrogens with zero attached hydrogens (tertiary/aromatic N) is 2. The van der Waals surface area contributed by atoms with Gasteiger partial charge in [0.05, 0.1) is 0 Å². The van der Waals surface area contributed by atoms with Crippen LogP contribution in [0.1, 0.15) is 39.0 Å². The Bertz CT molecular complexity index is 396. The van der Waals surface area contributed by atoms with Gasteiger partial charge in [0, 0.05) is 20.0 Å².